The van der Waals surface area contributed by atoms with Crippen LogP contribution in [-0.4, -0.2) is 10.9 Å². The SMILES string of the molecule is N#CC(Cc1ccc[nH]1)C(N)=O. The highest BCUT2D eigenvalue weighted by atomic mass is 16.1. The maximum Gasteiger partial charge on any atom is 0.235 e. The van der Waals surface area contributed by atoms with E-state index in [1.54, 1.807) is 6.20 Å². The number of amides is 1. The highest BCUT2D eigenvalue weighted by molar-refractivity contribution is 5.79. The van der Waals surface area contributed by atoms with Gasteiger partial charge in [-0.25, -0.2) is 0 Å². The molecule has 0 radical (unpaired) electrons. The third kappa shape index (κ3) is 1.86. The van der Waals surface area contributed by atoms with E-state index in [0.717, 1.165) is 5.69 Å². The first-order valence-corrected chi connectivity index (χ1v) is 3.55. The lowest BCUT2D eigenvalue weighted by atomic mass is 10.1. The van der Waals surface area contributed by atoms with Crippen LogP contribution in [0.25, 0.3) is 0 Å². The third-order valence-electron chi connectivity index (χ3n) is 1.59. The van der Waals surface area contributed by atoms with Gasteiger partial charge in [0.15, 0.2) is 0 Å². The third-order valence-corrected chi connectivity index (χ3v) is 1.59. The van der Waals surface area contributed by atoms with Crippen molar-refractivity contribution in [3.05, 3.63) is 24.0 Å². The number of aromatic amines is 1. The first-order valence-electron chi connectivity index (χ1n) is 3.55. The summed E-state index contributed by atoms with van der Waals surface area (Å²) in [7, 11) is 0. The van der Waals surface area contributed by atoms with E-state index in [1.165, 1.54) is 0 Å². The molecular formula is C8H9N3O. The van der Waals surface area contributed by atoms with Gasteiger partial charge in [-0.05, 0) is 12.1 Å². The standard InChI is InChI=1S/C8H9N3O/c9-5-6(8(10)12)4-7-2-1-3-11-7/h1-3,6,11H,4H2,(H2,10,12). The van der Waals surface area contributed by atoms with Crippen LogP contribution in [-0.2, 0) is 11.2 Å². The molecule has 0 bridgehead atoms. The van der Waals surface area contributed by atoms with Crippen LogP contribution in [0, 0.1) is 17.2 Å². The number of hydrogen-bond acceptors (Lipinski definition) is 2. The molecule has 0 aromatic carbocycles. The Labute approximate surface area is 70.0 Å². The second kappa shape index (κ2) is 3.58. The van der Waals surface area contributed by atoms with Crippen LogP contribution >= 0.6 is 0 Å². The average molecular weight is 163 g/mol. The van der Waals surface area contributed by atoms with Gasteiger partial charge < -0.3 is 10.7 Å². The number of H-pyrrole nitrogens is 1. The minimum absolute atomic E-state index is 0.360. The molecule has 3 N–H and O–H groups in total. The van der Waals surface area contributed by atoms with Crippen molar-refractivity contribution in [2.45, 2.75) is 6.42 Å². The number of nitriles is 1. The Morgan fingerprint density at radius 3 is 3.00 bits per heavy atom. The minimum Gasteiger partial charge on any atom is -0.369 e. The summed E-state index contributed by atoms with van der Waals surface area (Å²) in [6.45, 7) is 0. The number of primary amides is 1. The Balaban J connectivity index is 2.62. The van der Waals surface area contributed by atoms with E-state index in [-0.39, 0.29) is 0 Å². The van der Waals surface area contributed by atoms with Gasteiger partial charge in [-0.3, -0.25) is 4.79 Å². The molecule has 1 aromatic rings. The van der Waals surface area contributed by atoms with Crippen molar-refractivity contribution in [1.82, 2.24) is 4.98 Å². The Morgan fingerprint density at radius 1 is 1.83 bits per heavy atom. The molecule has 1 heterocycles. The molecule has 0 aliphatic rings. The quantitative estimate of drug-likeness (QED) is 0.666. The predicted octanol–water partition coefficient (Wildman–Crippen LogP) is 0.182. The van der Waals surface area contributed by atoms with Gasteiger partial charge >= 0.3 is 0 Å². The van der Waals surface area contributed by atoms with Crippen LogP contribution < -0.4 is 5.73 Å². The zero-order chi connectivity index (χ0) is 8.97. The van der Waals surface area contributed by atoms with Gasteiger partial charge in [-0.2, -0.15) is 5.26 Å². The molecule has 0 saturated carbocycles. The van der Waals surface area contributed by atoms with Crippen molar-refractivity contribution >= 4 is 5.91 Å². The lowest BCUT2D eigenvalue weighted by Crippen LogP contribution is -2.23. The highest BCUT2D eigenvalue weighted by Crippen LogP contribution is 2.04. The van der Waals surface area contributed by atoms with Gasteiger partial charge in [0.2, 0.25) is 5.91 Å². The molecule has 0 spiro atoms. The Kier molecular flexibility index (Phi) is 2.49. The zero-order valence-electron chi connectivity index (χ0n) is 6.45. The summed E-state index contributed by atoms with van der Waals surface area (Å²) in [5, 5.41) is 8.53. The van der Waals surface area contributed by atoms with Crippen LogP contribution in [0.4, 0.5) is 0 Å². The van der Waals surface area contributed by atoms with Gasteiger partial charge in [-0.15, -0.1) is 0 Å². The maximum absolute atomic E-state index is 10.6. The van der Waals surface area contributed by atoms with Crippen LogP contribution in [0.5, 0.6) is 0 Å². The Morgan fingerprint density at radius 2 is 2.58 bits per heavy atom. The molecule has 1 unspecified atom stereocenters. The molecule has 0 saturated heterocycles. The number of rotatable bonds is 3. The Bertz CT molecular complexity index is 297. The molecular weight excluding hydrogens is 154 g/mol. The maximum atomic E-state index is 10.6. The molecule has 4 nitrogen and oxygen atoms in total. The van der Waals surface area contributed by atoms with Crippen molar-refractivity contribution in [2.75, 3.05) is 0 Å². The largest absolute Gasteiger partial charge is 0.369 e. The number of nitrogens with zero attached hydrogens (tertiary/aromatic N) is 1. The molecule has 1 aromatic heterocycles. The summed E-state index contributed by atoms with van der Waals surface area (Å²) in [5.74, 6) is -1.31. The first kappa shape index (κ1) is 8.34. The summed E-state index contributed by atoms with van der Waals surface area (Å²) < 4.78 is 0. The zero-order valence-corrected chi connectivity index (χ0v) is 6.45. The van der Waals surface area contributed by atoms with E-state index in [4.69, 9.17) is 11.0 Å². The van der Waals surface area contributed by atoms with Gasteiger partial charge in [0.1, 0.15) is 5.92 Å². The van der Waals surface area contributed by atoms with Gasteiger partial charge in [0.25, 0.3) is 0 Å². The van der Waals surface area contributed by atoms with Crippen LogP contribution in [0.2, 0.25) is 0 Å². The summed E-state index contributed by atoms with van der Waals surface area (Å²) in [4.78, 5) is 13.5. The predicted molar refractivity (Wildman–Crippen MR) is 42.8 cm³/mol. The molecule has 4 heteroatoms. The summed E-state index contributed by atoms with van der Waals surface area (Å²) >= 11 is 0. The lowest BCUT2D eigenvalue weighted by Gasteiger charge is -2.01. The first-order chi connectivity index (χ1) is 5.74. The number of hydrogen-bond donors (Lipinski definition) is 2. The van der Waals surface area contributed by atoms with Gasteiger partial charge in [0.05, 0.1) is 6.07 Å². The number of aromatic nitrogens is 1. The molecule has 12 heavy (non-hydrogen) atoms. The molecule has 1 amide bonds. The molecule has 62 valence electrons. The van der Waals surface area contributed by atoms with Crippen molar-refractivity contribution < 1.29 is 4.79 Å². The minimum atomic E-state index is -0.733. The summed E-state index contributed by atoms with van der Waals surface area (Å²) in [6, 6.07) is 5.47. The molecule has 1 atom stereocenters. The van der Waals surface area contributed by atoms with Gasteiger partial charge in [-0.1, -0.05) is 0 Å². The van der Waals surface area contributed by atoms with Crippen molar-refractivity contribution in [1.29, 1.82) is 5.26 Å². The number of carbonyl (C=O) groups excluding carboxylic acids is 1. The topological polar surface area (TPSA) is 82.7 Å². The van der Waals surface area contributed by atoms with Crippen molar-refractivity contribution in [2.24, 2.45) is 11.7 Å². The van der Waals surface area contributed by atoms with Gasteiger partial charge in [0, 0.05) is 18.3 Å². The van der Waals surface area contributed by atoms with Crippen LogP contribution in [0.3, 0.4) is 0 Å². The van der Waals surface area contributed by atoms with E-state index in [0.29, 0.717) is 6.42 Å². The highest BCUT2D eigenvalue weighted by Gasteiger charge is 2.14. The number of nitrogens with two attached hydrogens (primary N) is 1. The van der Waals surface area contributed by atoms with Crippen molar-refractivity contribution in [3.8, 4) is 6.07 Å². The van der Waals surface area contributed by atoms with E-state index in [1.807, 2.05) is 18.2 Å². The fourth-order valence-electron chi connectivity index (χ4n) is 0.924. The van der Waals surface area contributed by atoms with Crippen LogP contribution in [0.1, 0.15) is 5.69 Å². The molecule has 0 fully saturated rings. The second-order valence-corrected chi connectivity index (χ2v) is 2.48. The van der Waals surface area contributed by atoms with E-state index in [2.05, 4.69) is 4.98 Å². The van der Waals surface area contributed by atoms with E-state index < -0.39 is 11.8 Å². The lowest BCUT2D eigenvalue weighted by molar-refractivity contribution is -0.120. The number of carbonyl (C=O) groups is 1. The molecule has 1 rings (SSSR count). The number of nitrogens with one attached hydrogen (secondary N) is 1. The van der Waals surface area contributed by atoms with Crippen LogP contribution in [0.15, 0.2) is 18.3 Å². The summed E-state index contributed by atoms with van der Waals surface area (Å²) in [6.07, 6.45) is 2.10. The fraction of sp³-hybridized carbons (Fsp3) is 0.250. The average Bonchev–Trinajstić information content (AvgIpc) is 2.51. The smallest absolute Gasteiger partial charge is 0.235 e. The van der Waals surface area contributed by atoms with E-state index in [9.17, 15) is 4.79 Å². The molecule has 0 aliphatic heterocycles. The second-order valence-electron chi connectivity index (χ2n) is 2.48. The summed E-state index contributed by atoms with van der Waals surface area (Å²) in [5.41, 5.74) is 5.84. The normalized spacial score (nSPS) is 11.9. The molecule has 0 aliphatic carbocycles. The van der Waals surface area contributed by atoms with E-state index >= 15 is 0 Å². The monoisotopic (exact) mass is 163 g/mol. The van der Waals surface area contributed by atoms with Crippen molar-refractivity contribution in [3.63, 3.8) is 0 Å². The fourth-order valence-corrected chi connectivity index (χ4v) is 0.924. The Hall–Kier alpha value is -1.76.